The molecule has 0 aromatic heterocycles. The van der Waals surface area contributed by atoms with Crippen molar-refractivity contribution < 1.29 is 12.8 Å². The zero-order valence-corrected chi connectivity index (χ0v) is 13.4. The Morgan fingerprint density at radius 1 is 1.45 bits per heavy atom. The largest absolute Gasteiger partial charge is 0.329 e. The van der Waals surface area contributed by atoms with Gasteiger partial charge in [0.25, 0.3) is 0 Å². The Kier molecular flexibility index (Phi) is 5.54. The van der Waals surface area contributed by atoms with Crippen LogP contribution in [0.3, 0.4) is 0 Å². The molecule has 1 aromatic rings. The lowest BCUT2D eigenvalue weighted by Crippen LogP contribution is -2.51. The van der Waals surface area contributed by atoms with E-state index in [1.807, 2.05) is 13.8 Å². The molecule has 4 nitrogen and oxygen atoms in total. The second-order valence-electron chi connectivity index (χ2n) is 5.54. The third-order valence-corrected chi connectivity index (χ3v) is 4.82. The van der Waals surface area contributed by atoms with Crippen molar-refractivity contribution in [2.75, 3.05) is 6.54 Å². The molecule has 1 aromatic carbocycles. The first-order chi connectivity index (χ1) is 9.09. The van der Waals surface area contributed by atoms with Gasteiger partial charge in [0.1, 0.15) is 5.82 Å². The third kappa shape index (κ3) is 4.41. The van der Waals surface area contributed by atoms with Gasteiger partial charge in [-0.05, 0) is 37.5 Å². The zero-order valence-electron chi connectivity index (χ0n) is 11.8. The minimum absolute atomic E-state index is 0.0765. The normalized spacial score (nSPS) is 15.3. The maximum Gasteiger partial charge on any atom is 0.241 e. The fourth-order valence-electron chi connectivity index (χ4n) is 2.10. The topological polar surface area (TPSA) is 72.2 Å². The van der Waals surface area contributed by atoms with Crippen molar-refractivity contribution in [2.24, 2.45) is 11.7 Å². The molecular formula is C13H20ClFN2O2S. The summed E-state index contributed by atoms with van der Waals surface area (Å²) in [5.41, 5.74) is 4.93. The van der Waals surface area contributed by atoms with Crippen molar-refractivity contribution in [1.29, 1.82) is 0 Å². The first kappa shape index (κ1) is 17.4. The number of nitrogens with one attached hydrogen (secondary N) is 1. The van der Waals surface area contributed by atoms with E-state index in [4.69, 9.17) is 17.3 Å². The summed E-state index contributed by atoms with van der Waals surface area (Å²) in [4.78, 5) is -0.0765. The van der Waals surface area contributed by atoms with Gasteiger partial charge in [-0.2, -0.15) is 0 Å². The number of hydrogen-bond acceptors (Lipinski definition) is 3. The summed E-state index contributed by atoms with van der Waals surface area (Å²) < 4.78 is 40.3. The monoisotopic (exact) mass is 322 g/mol. The van der Waals surface area contributed by atoms with Gasteiger partial charge in [0.2, 0.25) is 10.0 Å². The smallest absolute Gasteiger partial charge is 0.241 e. The summed E-state index contributed by atoms with van der Waals surface area (Å²) >= 11 is 5.62. The average Bonchev–Trinajstić information content (AvgIpc) is 2.30. The molecule has 0 heterocycles. The molecule has 3 N–H and O–H groups in total. The second kappa shape index (κ2) is 6.39. The predicted molar refractivity (Wildman–Crippen MR) is 78.6 cm³/mol. The number of hydrogen-bond donors (Lipinski definition) is 2. The molecule has 1 atom stereocenters. The summed E-state index contributed by atoms with van der Waals surface area (Å²) in [6.45, 7) is 5.88. The molecule has 0 bridgehead atoms. The van der Waals surface area contributed by atoms with Gasteiger partial charge in [0, 0.05) is 12.1 Å². The molecule has 0 aliphatic heterocycles. The van der Waals surface area contributed by atoms with Crippen molar-refractivity contribution in [3.05, 3.63) is 29.0 Å². The molecule has 0 aliphatic carbocycles. The van der Waals surface area contributed by atoms with Crippen molar-refractivity contribution in [2.45, 2.75) is 37.6 Å². The fraction of sp³-hybridized carbons (Fsp3) is 0.538. The number of rotatable bonds is 6. The highest BCUT2D eigenvalue weighted by atomic mass is 35.5. The molecule has 7 heteroatoms. The minimum atomic E-state index is -3.80. The maximum atomic E-state index is 13.1. The van der Waals surface area contributed by atoms with Crippen LogP contribution in [0.15, 0.2) is 23.1 Å². The number of benzene rings is 1. The van der Waals surface area contributed by atoms with E-state index in [-0.39, 0.29) is 22.4 Å². The lowest BCUT2D eigenvalue weighted by atomic mass is 9.92. The molecule has 1 rings (SSSR count). The Morgan fingerprint density at radius 2 is 2.05 bits per heavy atom. The fourth-order valence-corrected chi connectivity index (χ4v) is 3.79. The summed E-state index contributed by atoms with van der Waals surface area (Å²) in [7, 11) is -3.80. The van der Waals surface area contributed by atoms with Crippen LogP contribution in [0, 0.1) is 11.7 Å². The van der Waals surface area contributed by atoms with Crippen LogP contribution < -0.4 is 10.5 Å². The first-order valence-electron chi connectivity index (χ1n) is 6.29. The van der Waals surface area contributed by atoms with Gasteiger partial charge in [-0.1, -0.05) is 25.4 Å². The van der Waals surface area contributed by atoms with E-state index in [1.165, 1.54) is 6.07 Å². The van der Waals surface area contributed by atoms with Gasteiger partial charge in [-0.3, -0.25) is 0 Å². The summed E-state index contributed by atoms with van der Waals surface area (Å²) in [5, 5.41) is -0.230. The van der Waals surface area contributed by atoms with Crippen molar-refractivity contribution in [3.63, 3.8) is 0 Å². The summed E-state index contributed by atoms with van der Waals surface area (Å²) in [6, 6.07) is 3.29. The standard InChI is InChI=1S/C13H20ClFN2O2S/c1-9(2)7-13(3,8-16)17-20(18,19)10-4-5-12(15)11(14)6-10/h4-6,9,17H,7-8,16H2,1-3H3. The Labute approximate surface area is 124 Å². The number of sulfonamides is 1. The molecular weight excluding hydrogens is 303 g/mol. The predicted octanol–water partition coefficient (Wildman–Crippen LogP) is 2.52. The third-order valence-electron chi connectivity index (χ3n) is 2.89. The summed E-state index contributed by atoms with van der Waals surface area (Å²) in [5.74, 6) is -0.377. The SMILES string of the molecule is CC(C)CC(C)(CN)NS(=O)(=O)c1ccc(F)c(Cl)c1. The van der Waals surface area contributed by atoms with E-state index in [9.17, 15) is 12.8 Å². The Morgan fingerprint density at radius 3 is 2.50 bits per heavy atom. The Bertz CT molecular complexity index is 578. The first-order valence-corrected chi connectivity index (χ1v) is 8.15. The van der Waals surface area contributed by atoms with Gasteiger partial charge >= 0.3 is 0 Å². The molecule has 0 spiro atoms. The quantitative estimate of drug-likeness (QED) is 0.845. The van der Waals surface area contributed by atoms with Crippen molar-refractivity contribution in [1.82, 2.24) is 4.72 Å². The lowest BCUT2D eigenvalue weighted by Gasteiger charge is -2.30. The molecule has 0 aliphatic rings. The van der Waals surface area contributed by atoms with Crippen LogP contribution >= 0.6 is 11.6 Å². The molecule has 0 radical (unpaired) electrons. The van der Waals surface area contributed by atoms with Crippen LogP contribution in [0.5, 0.6) is 0 Å². The van der Waals surface area contributed by atoms with Crippen LogP contribution in [0.2, 0.25) is 5.02 Å². The molecule has 114 valence electrons. The Hall–Kier alpha value is -0.690. The Balaban J connectivity index is 3.07. The molecule has 0 saturated carbocycles. The molecule has 0 fully saturated rings. The molecule has 20 heavy (non-hydrogen) atoms. The van der Waals surface area contributed by atoms with Crippen molar-refractivity contribution >= 4 is 21.6 Å². The molecule has 0 saturated heterocycles. The van der Waals surface area contributed by atoms with Gasteiger partial charge in [0.05, 0.1) is 9.92 Å². The molecule has 1 unspecified atom stereocenters. The van der Waals surface area contributed by atoms with Gasteiger partial charge < -0.3 is 5.73 Å². The van der Waals surface area contributed by atoms with E-state index >= 15 is 0 Å². The van der Waals surface area contributed by atoms with Crippen LogP contribution in [-0.4, -0.2) is 20.5 Å². The minimum Gasteiger partial charge on any atom is -0.329 e. The van der Waals surface area contributed by atoms with E-state index < -0.39 is 21.4 Å². The van der Waals surface area contributed by atoms with Crippen LogP contribution in [0.1, 0.15) is 27.2 Å². The molecule has 0 amide bonds. The summed E-state index contributed by atoms with van der Waals surface area (Å²) in [6.07, 6.45) is 0.595. The van der Waals surface area contributed by atoms with Crippen LogP contribution in [0.4, 0.5) is 4.39 Å². The van der Waals surface area contributed by atoms with E-state index in [1.54, 1.807) is 6.92 Å². The zero-order chi connectivity index (χ0) is 15.6. The second-order valence-corrected chi connectivity index (χ2v) is 7.63. The van der Waals surface area contributed by atoms with Gasteiger partial charge in [-0.25, -0.2) is 17.5 Å². The van der Waals surface area contributed by atoms with Gasteiger partial charge in [0.15, 0.2) is 0 Å². The number of nitrogens with two attached hydrogens (primary N) is 1. The van der Waals surface area contributed by atoms with E-state index in [0.29, 0.717) is 6.42 Å². The van der Waals surface area contributed by atoms with Gasteiger partial charge in [-0.15, -0.1) is 0 Å². The highest BCUT2D eigenvalue weighted by Gasteiger charge is 2.30. The van der Waals surface area contributed by atoms with Crippen molar-refractivity contribution in [3.8, 4) is 0 Å². The van der Waals surface area contributed by atoms with Crippen LogP contribution in [-0.2, 0) is 10.0 Å². The maximum absolute atomic E-state index is 13.1. The van der Waals surface area contributed by atoms with Crippen LogP contribution in [0.25, 0.3) is 0 Å². The van der Waals surface area contributed by atoms with E-state index in [2.05, 4.69) is 4.72 Å². The highest BCUT2D eigenvalue weighted by molar-refractivity contribution is 7.89. The van der Waals surface area contributed by atoms with E-state index in [0.717, 1.165) is 12.1 Å². The lowest BCUT2D eigenvalue weighted by molar-refractivity contribution is 0.344. The average molecular weight is 323 g/mol. The number of halogens is 2. The highest BCUT2D eigenvalue weighted by Crippen LogP contribution is 2.22.